The van der Waals surface area contributed by atoms with Crippen molar-refractivity contribution in [2.24, 2.45) is 0 Å². The van der Waals surface area contributed by atoms with Crippen molar-refractivity contribution in [2.75, 3.05) is 0 Å². The van der Waals surface area contributed by atoms with Crippen molar-refractivity contribution in [2.45, 2.75) is 63.6 Å². The Morgan fingerprint density at radius 3 is 2.44 bits per heavy atom. The molecule has 2 aliphatic rings. The Morgan fingerprint density at radius 1 is 1.17 bits per heavy atom. The van der Waals surface area contributed by atoms with Crippen LogP contribution in [0.25, 0.3) is 0 Å². The first-order valence-corrected chi connectivity index (χ1v) is 7.13. The molecule has 18 heavy (non-hydrogen) atoms. The molecular weight excluding hydrogens is 222 g/mol. The van der Waals surface area contributed by atoms with Crippen molar-refractivity contribution in [3.05, 3.63) is 34.9 Å². The number of nitrogens with one attached hydrogen (secondary N) is 1. The highest BCUT2D eigenvalue weighted by Gasteiger charge is 2.42. The van der Waals surface area contributed by atoms with Crippen LogP contribution in [0.15, 0.2) is 18.2 Å². The third-order valence-corrected chi connectivity index (χ3v) is 4.63. The summed E-state index contributed by atoms with van der Waals surface area (Å²) in [7, 11) is 0. The highest BCUT2D eigenvalue weighted by atomic mass is 16.3. The minimum Gasteiger partial charge on any atom is -0.385 e. The molecule has 3 rings (SSSR count). The molecule has 2 heterocycles. The molecule has 2 nitrogen and oxygen atoms in total. The Kier molecular flexibility index (Phi) is 2.95. The fourth-order valence-corrected chi connectivity index (χ4v) is 3.89. The first kappa shape index (κ1) is 12.2. The van der Waals surface area contributed by atoms with E-state index >= 15 is 0 Å². The van der Waals surface area contributed by atoms with Gasteiger partial charge in [-0.15, -0.1) is 0 Å². The number of rotatable bonds is 1. The predicted molar refractivity (Wildman–Crippen MR) is 73.6 cm³/mol. The predicted octanol–water partition coefficient (Wildman–Crippen LogP) is 2.80. The summed E-state index contributed by atoms with van der Waals surface area (Å²) in [5.74, 6) is 0. The van der Waals surface area contributed by atoms with Crippen LogP contribution < -0.4 is 5.32 Å². The lowest BCUT2D eigenvalue weighted by molar-refractivity contribution is -0.0363. The molecule has 2 heteroatoms. The maximum Gasteiger partial charge on any atom is 0.0928 e. The Bertz CT molecular complexity index is 442. The molecule has 0 amide bonds. The zero-order chi connectivity index (χ0) is 12.8. The second kappa shape index (κ2) is 4.36. The molecule has 0 saturated carbocycles. The van der Waals surface area contributed by atoms with Crippen molar-refractivity contribution in [3.8, 4) is 0 Å². The molecule has 2 N–H and O–H groups in total. The van der Waals surface area contributed by atoms with E-state index in [0.29, 0.717) is 12.1 Å². The molecule has 2 saturated heterocycles. The van der Waals surface area contributed by atoms with Gasteiger partial charge in [0.15, 0.2) is 0 Å². The van der Waals surface area contributed by atoms with Crippen LogP contribution in [0.3, 0.4) is 0 Å². The molecular formula is C16H23NO. The summed E-state index contributed by atoms with van der Waals surface area (Å²) in [6.07, 6.45) is 5.47. The Hall–Kier alpha value is -0.860. The minimum atomic E-state index is -0.612. The van der Waals surface area contributed by atoms with E-state index in [-0.39, 0.29) is 0 Å². The number of aliphatic hydroxyl groups is 1. The minimum absolute atomic E-state index is 0.503. The molecule has 0 spiro atoms. The highest BCUT2D eigenvalue weighted by molar-refractivity contribution is 5.35. The number of hydrogen-bond acceptors (Lipinski definition) is 2. The van der Waals surface area contributed by atoms with E-state index in [1.54, 1.807) is 0 Å². The van der Waals surface area contributed by atoms with E-state index < -0.39 is 5.60 Å². The van der Waals surface area contributed by atoms with E-state index in [9.17, 15) is 5.11 Å². The van der Waals surface area contributed by atoms with Gasteiger partial charge >= 0.3 is 0 Å². The fraction of sp³-hybridized carbons (Fsp3) is 0.625. The van der Waals surface area contributed by atoms with Crippen LogP contribution in [-0.4, -0.2) is 17.2 Å². The molecule has 1 aromatic carbocycles. The standard InChI is InChI=1S/C16H23NO/c1-11-6-7-15(12(2)8-11)16(18)9-13-4-3-5-14(10-16)17-13/h6-8,13-14,17-18H,3-5,9-10H2,1-2H3. The molecule has 2 unspecified atom stereocenters. The highest BCUT2D eigenvalue weighted by Crippen LogP contribution is 2.40. The van der Waals surface area contributed by atoms with Crippen molar-refractivity contribution < 1.29 is 5.11 Å². The molecule has 2 bridgehead atoms. The molecule has 0 radical (unpaired) electrons. The number of aryl methyl sites for hydroxylation is 2. The lowest BCUT2D eigenvalue weighted by Crippen LogP contribution is -2.54. The molecule has 2 atom stereocenters. The molecule has 2 fully saturated rings. The molecule has 0 aliphatic carbocycles. The quantitative estimate of drug-likeness (QED) is 0.797. The van der Waals surface area contributed by atoms with Crippen molar-refractivity contribution >= 4 is 0 Å². The summed E-state index contributed by atoms with van der Waals surface area (Å²) in [5.41, 5.74) is 3.04. The number of hydrogen-bond donors (Lipinski definition) is 2. The van der Waals surface area contributed by atoms with Gasteiger partial charge in [0, 0.05) is 12.1 Å². The van der Waals surface area contributed by atoms with Crippen LogP contribution >= 0.6 is 0 Å². The van der Waals surface area contributed by atoms with Crippen LogP contribution in [0.2, 0.25) is 0 Å². The van der Waals surface area contributed by atoms with E-state index in [1.807, 2.05) is 0 Å². The Morgan fingerprint density at radius 2 is 1.83 bits per heavy atom. The fourth-order valence-electron chi connectivity index (χ4n) is 3.89. The Labute approximate surface area is 109 Å². The number of fused-ring (bicyclic) bond motifs is 2. The van der Waals surface area contributed by atoms with Gasteiger partial charge in [-0.3, -0.25) is 0 Å². The van der Waals surface area contributed by atoms with Crippen LogP contribution in [0.1, 0.15) is 48.8 Å². The molecule has 1 aromatic rings. The van der Waals surface area contributed by atoms with Gasteiger partial charge in [-0.1, -0.05) is 30.2 Å². The van der Waals surface area contributed by atoms with Gasteiger partial charge < -0.3 is 10.4 Å². The summed E-state index contributed by atoms with van der Waals surface area (Å²) in [6.45, 7) is 4.23. The van der Waals surface area contributed by atoms with E-state index in [1.165, 1.54) is 30.4 Å². The van der Waals surface area contributed by atoms with Gasteiger partial charge in [-0.25, -0.2) is 0 Å². The summed E-state index contributed by atoms with van der Waals surface area (Å²) < 4.78 is 0. The van der Waals surface area contributed by atoms with Crippen molar-refractivity contribution in [1.29, 1.82) is 0 Å². The number of benzene rings is 1. The lowest BCUT2D eigenvalue weighted by Gasteiger charge is -2.46. The average Bonchev–Trinajstić information content (AvgIpc) is 2.27. The zero-order valence-corrected chi connectivity index (χ0v) is 11.4. The molecule has 2 aliphatic heterocycles. The summed E-state index contributed by atoms with van der Waals surface area (Å²) >= 11 is 0. The first-order chi connectivity index (χ1) is 8.57. The smallest absolute Gasteiger partial charge is 0.0928 e. The largest absolute Gasteiger partial charge is 0.385 e. The van der Waals surface area contributed by atoms with Crippen LogP contribution in [0, 0.1) is 13.8 Å². The number of piperidine rings is 2. The Balaban J connectivity index is 1.94. The summed E-state index contributed by atoms with van der Waals surface area (Å²) in [6, 6.07) is 7.45. The second-order valence-corrected chi connectivity index (χ2v) is 6.25. The molecule has 98 valence electrons. The van der Waals surface area contributed by atoms with Gasteiger partial charge in [0.25, 0.3) is 0 Å². The van der Waals surface area contributed by atoms with Crippen LogP contribution in [0.4, 0.5) is 0 Å². The third kappa shape index (κ3) is 2.08. The maximum absolute atomic E-state index is 11.1. The van der Waals surface area contributed by atoms with E-state index in [2.05, 4.69) is 37.4 Å². The van der Waals surface area contributed by atoms with Gasteiger partial charge in [-0.05, 0) is 50.7 Å². The molecule has 0 aromatic heterocycles. The maximum atomic E-state index is 11.1. The topological polar surface area (TPSA) is 32.3 Å². The van der Waals surface area contributed by atoms with Crippen molar-refractivity contribution in [1.82, 2.24) is 5.32 Å². The van der Waals surface area contributed by atoms with E-state index in [4.69, 9.17) is 0 Å². The van der Waals surface area contributed by atoms with Crippen LogP contribution in [-0.2, 0) is 5.60 Å². The first-order valence-electron chi connectivity index (χ1n) is 7.13. The lowest BCUT2D eigenvalue weighted by atomic mass is 9.73. The summed E-state index contributed by atoms with van der Waals surface area (Å²) in [5, 5.41) is 14.7. The van der Waals surface area contributed by atoms with Crippen LogP contribution in [0.5, 0.6) is 0 Å². The third-order valence-electron chi connectivity index (χ3n) is 4.63. The normalized spacial score (nSPS) is 35.5. The second-order valence-electron chi connectivity index (χ2n) is 6.25. The van der Waals surface area contributed by atoms with Gasteiger partial charge in [0.2, 0.25) is 0 Å². The van der Waals surface area contributed by atoms with E-state index in [0.717, 1.165) is 18.4 Å². The van der Waals surface area contributed by atoms with Crippen molar-refractivity contribution in [3.63, 3.8) is 0 Å². The average molecular weight is 245 g/mol. The van der Waals surface area contributed by atoms with Gasteiger partial charge in [-0.2, -0.15) is 0 Å². The SMILES string of the molecule is Cc1ccc(C2(O)CC3CCCC(C2)N3)c(C)c1. The monoisotopic (exact) mass is 245 g/mol. The summed E-state index contributed by atoms with van der Waals surface area (Å²) in [4.78, 5) is 0. The van der Waals surface area contributed by atoms with Gasteiger partial charge in [0.1, 0.15) is 0 Å². The zero-order valence-electron chi connectivity index (χ0n) is 11.4. The van der Waals surface area contributed by atoms with Gasteiger partial charge in [0.05, 0.1) is 5.60 Å².